The normalized spacial score (nSPS) is 14.6. The van der Waals surface area contributed by atoms with Crippen LogP contribution in [-0.4, -0.2) is 0 Å². The topological polar surface area (TPSA) is 0 Å². The Balaban J connectivity index is 2.43. The minimum atomic E-state index is 0.611. The molecule has 2 atom stereocenters. The van der Waals surface area contributed by atoms with E-state index < -0.39 is 0 Å². The van der Waals surface area contributed by atoms with Crippen LogP contribution in [0.15, 0.2) is 54.6 Å². The Morgan fingerprint density at radius 3 is 2.35 bits per heavy atom. The second kappa shape index (κ2) is 17.8. The van der Waals surface area contributed by atoms with Crippen LogP contribution in [0.25, 0.3) is 17.2 Å². The van der Waals surface area contributed by atoms with Crippen LogP contribution in [-0.2, 0) is 0 Å². The molecule has 0 aliphatic rings. The molecule has 0 heteroatoms. The van der Waals surface area contributed by atoms with Crippen molar-refractivity contribution in [1.82, 2.24) is 0 Å². The fourth-order valence-corrected chi connectivity index (χ4v) is 5.84. The molecule has 1 unspecified atom stereocenters. The van der Waals surface area contributed by atoms with Crippen LogP contribution < -0.4 is 10.4 Å². The highest BCUT2D eigenvalue weighted by atomic mass is 14.2. The summed E-state index contributed by atoms with van der Waals surface area (Å²) < 4.78 is 0. The van der Waals surface area contributed by atoms with Gasteiger partial charge in [0.2, 0.25) is 0 Å². The number of unbranched alkanes of at least 4 members (excludes halogenated alkanes) is 4. The highest BCUT2D eigenvalue weighted by molar-refractivity contribution is 5.88. The molecule has 0 heterocycles. The van der Waals surface area contributed by atoms with Gasteiger partial charge in [-0.3, -0.25) is 0 Å². The van der Waals surface area contributed by atoms with Crippen molar-refractivity contribution in [3.63, 3.8) is 0 Å². The standard InChI is InChI=1S/C40H56/c1-10-15-17-18-19-30(6)21-22-31(7)39-26-24-34(12-3)28-37(39)27-33(9)38(14-5)40-29-36(25-23-32(40)8)35(13-4)20-16-11-2/h3,14,23-30,35H,9-11,13,15-22H2,1-2,4-8H3/b37-27-,38-14-,39-31+/t30-,35?/m0/s1. The molecule has 2 aromatic carbocycles. The maximum atomic E-state index is 5.83. The summed E-state index contributed by atoms with van der Waals surface area (Å²) in [4.78, 5) is 0. The van der Waals surface area contributed by atoms with Crippen molar-refractivity contribution in [1.29, 1.82) is 0 Å². The first-order valence-corrected chi connectivity index (χ1v) is 16.0. The molecule has 0 spiro atoms. The third-order valence-corrected chi connectivity index (χ3v) is 8.63. The number of aryl methyl sites for hydroxylation is 1. The van der Waals surface area contributed by atoms with Gasteiger partial charge < -0.3 is 0 Å². The smallest absolute Gasteiger partial charge is 0.0248 e. The van der Waals surface area contributed by atoms with Crippen molar-refractivity contribution in [2.75, 3.05) is 0 Å². The Bertz CT molecular complexity index is 1280. The van der Waals surface area contributed by atoms with E-state index in [-0.39, 0.29) is 0 Å². The molecule has 0 amide bonds. The van der Waals surface area contributed by atoms with Crippen LogP contribution in [0.5, 0.6) is 0 Å². The summed E-state index contributed by atoms with van der Waals surface area (Å²) in [7, 11) is 0. The molecule has 2 aromatic rings. The first-order chi connectivity index (χ1) is 19.3. The van der Waals surface area contributed by atoms with E-state index >= 15 is 0 Å². The Kier molecular flexibility index (Phi) is 14.9. The van der Waals surface area contributed by atoms with Crippen LogP contribution in [0, 0.1) is 25.2 Å². The predicted molar refractivity (Wildman–Crippen MR) is 181 cm³/mol. The Hall–Kier alpha value is -2.78. The van der Waals surface area contributed by atoms with E-state index in [0.717, 1.165) is 23.5 Å². The molecule has 0 bridgehead atoms. The fourth-order valence-electron chi connectivity index (χ4n) is 5.84. The number of terminal acetylenes is 1. The van der Waals surface area contributed by atoms with E-state index in [0.29, 0.717) is 5.92 Å². The average molecular weight is 537 g/mol. The van der Waals surface area contributed by atoms with Gasteiger partial charge in [0.1, 0.15) is 0 Å². The minimum absolute atomic E-state index is 0.611. The number of hydrogen-bond acceptors (Lipinski definition) is 0. The van der Waals surface area contributed by atoms with Gasteiger partial charge in [-0.15, -0.1) is 6.42 Å². The summed E-state index contributed by atoms with van der Waals surface area (Å²) in [5, 5.41) is 2.47. The molecule has 0 nitrogen and oxygen atoms in total. The second-order valence-corrected chi connectivity index (χ2v) is 11.9. The Labute approximate surface area is 247 Å². The van der Waals surface area contributed by atoms with Gasteiger partial charge in [-0.1, -0.05) is 121 Å². The fraction of sp³-hybridized carbons (Fsp3) is 0.500. The first kappa shape index (κ1) is 33.4. The van der Waals surface area contributed by atoms with Gasteiger partial charge in [0.15, 0.2) is 0 Å². The summed E-state index contributed by atoms with van der Waals surface area (Å²) in [5.74, 6) is 4.21. The van der Waals surface area contributed by atoms with Gasteiger partial charge in [0, 0.05) is 5.56 Å². The number of hydrogen-bond donors (Lipinski definition) is 0. The summed E-state index contributed by atoms with van der Waals surface area (Å²) >= 11 is 0. The van der Waals surface area contributed by atoms with E-state index in [1.165, 1.54) is 102 Å². The van der Waals surface area contributed by atoms with Crippen molar-refractivity contribution < 1.29 is 0 Å². The van der Waals surface area contributed by atoms with E-state index in [1.54, 1.807) is 0 Å². The van der Waals surface area contributed by atoms with Crippen molar-refractivity contribution >= 4 is 17.2 Å². The molecule has 0 aliphatic carbocycles. The van der Waals surface area contributed by atoms with Gasteiger partial charge in [-0.05, 0) is 115 Å². The van der Waals surface area contributed by atoms with Gasteiger partial charge in [0.05, 0.1) is 0 Å². The molecular weight excluding hydrogens is 480 g/mol. The maximum Gasteiger partial charge on any atom is 0.0248 e. The summed E-state index contributed by atoms with van der Waals surface area (Å²) in [6, 6.07) is 13.5. The number of rotatable bonds is 16. The lowest BCUT2D eigenvalue weighted by molar-refractivity contribution is 0.464. The number of allylic oxidation sites excluding steroid dienone is 3. The highest BCUT2D eigenvalue weighted by Gasteiger charge is 2.14. The zero-order valence-electron chi connectivity index (χ0n) is 26.8. The monoisotopic (exact) mass is 536 g/mol. The zero-order chi connectivity index (χ0) is 29.5. The summed E-state index contributed by atoms with van der Waals surface area (Å²) in [5.41, 5.74) is 8.64. The largest absolute Gasteiger partial charge is 0.115 e. The molecule has 0 aliphatic heterocycles. The first-order valence-electron chi connectivity index (χ1n) is 16.0. The van der Waals surface area contributed by atoms with Crippen molar-refractivity contribution in [3.8, 4) is 12.3 Å². The molecule has 216 valence electrons. The molecule has 0 radical (unpaired) electrons. The van der Waals surface area contributed by atoms with Gasteiger partial charge in [-0.2, -0.15) is 0 Å². The SMILES string of the molecule is C#Cc1ccc(=C(/C)CC[C@@H](C)CCCCCC)/c(=C\C(=C)/C(=C/C)c2cc(C(CC)CCCC)ccc2C)c1. The second-order valence-electron chi connectivity index (χ2n) is 11.9. The van der Waals surface area contributed by atoms with Crippen LogP contribution in [0.1, 0.15) is 140 Å². The van der Waals surface area contributed by atoms with Gasteiger partial charge in [-0.25, -0.2) is 0 Å². The van der Waals surface area contributed by atoms with E-state index in [2.05, 4.69) is 110 Å². The molecule has 2 rings (SSSR count). The molecule has 0 aromatic heterocycles. The van der Waals surface area contributed by atoms with E-state index in [4.69, 9.17) is 6.42 Å². The molecule has 40 heavy (non-hydrogen) atoms. The highest BCUT2D eigenvalue weighted by Crippen LogP contribution is 2.32. The van der Waals surface area contributed by atoms with Crippen molar-refractivity contribution in [2.45, 2.75) is 125 Å². The minimum Gasteiger partial charge on any atom is -0.115 e. The van der Waals surface area contributed by atoms with Crippen LogP contribution >= 0.6 is 0 Å². The van der Waals surface area contributed by atoms with Crippen LogP contribution in [0.2, 0.25) is 0 Å². The summed E-state index contributed by atoms with van der Waals surface area (Å²) in [6.45, 7) is 20.5. The average Bonchev–Trinajstić information content (AvgIpc) is 2.96. The van der Waals surface area contributed by atoms with Crippen LogP contribution in [0.4, 0.5) is 0 Å². The molecule has 0 N–H and O–H groups in total. The Morgan fingerprint density at radius 2 is 1.70 bits per heavy atom. The predicted octanol–water partition coefficient (Wildman–Crippen LogP) is 10.7. The van der Waals surface area contributed by atoms with Gasteiger partial charge >= 0.3 is 0 Å². The molecule has 0 saturated carbocycles. The van der Waals surface area contributed by atoms with E-state index in [9.17, 15) is 0 Å². The zero-order valence-corrected chi connectivity index (χ0v) is 26.8. The lowest BCUT2D eigenvalue weighted by Crippen LogP contribution is -2.27. The van der Waals surface area contributed by atoms with Crippen molar-refractivity contribution in [2.24, 2.45) is 5.92 Å². The lowest BCUT2D eigenvalue weighted by atomic mass is 9.86. The molecule has 0 fully saturated rings. The van der Waals surface area contributed by atoms with Crippen LogP contribution in [0.3, 0.4) is 0 Å². The third-order valence-electron chi connectivity index (χ3n) is 8.63. The Morgan fingerprint density at radius 1 is 0.950 bits per heavy atom. The number of benzene rings is 2. The summed E-state index contributed by atoms with van der Waals surface area (Å²) in [6.07, 6.45) is 24.3. The van der Waals surface area contributed by atoms with Crippen molar-refractivity contribution in [3.05, 3.63) is 87.3 Å². The van der Waals surface area contributed by atoms with E-state index in [1.807, 2.05) is 0 Å². The maximum absolute atomic E-state index is 5.83. The molecular formula is C40H56. The van der Waals surface area contributed by atoms with Gasteiger partial charge in [0.25, 0.3) is 0 Å². The quantitative estimate of drug-likeness (QED) is 0.114. The lowest BCUT2D eigenvalue weighted by Gasteiger charge is -2.19. The third kappa shape index (κ3) is 10.0. The molecule has 0 saturated heterocycles.